The Labute approximate surface area is 110 Å². The number of nitrogens with two attached hydrogens (primary N) is 1. The van der Waals surface area contributed by atoms with Crippen LogP contribution < -0.4 is 11.1 Å². The van der Waals surface area contributed by atoms with Crippen LogP contribution in [0.3, 0.4) is 0 Å². The molecular weight excluding hydrogens is 232 g/mol. The van der Waals surface area contributed by atoms with Gasteiger partial charge in [0, 0.05) is 6.04 Å². The van der Waals surface area contributed by atoms with Crippen LogP contribution in [0.25, 0.3) is 0 Å². The van der Waals surface area contributed by atoms with E-state index in [1.807, 2.05) is 13.8 Å². The van der Waals surface area contributed by atoms with Gasteiger partial charge in [-0.05, 0) is 32.1 Å². The van der Waals surface area contributed by atoms with Gasteiger partial charge < -0.3 is 11.1 Å². The van der Waals surface area contributed by atoms with Crippen molar-refractivity contribution in [2.24, 2.45) is 17.1 Å². The first-order chi connectivity index (χ1) is 7.93. The van der Waals surface area contributed by atoms with Gasteiger partial charge in [0.15, 0.2) is 0 Å². The zero-order chi connectivity index (χ0) is 13.1. The minimum atomic E-state index is -0.702. The molecule has 0 aromatic carbocycles. The molecule has 1 fully saturated rings. The maximum atomic E-state index is 12.2. The second-order valence-corrected chi connectivity index (χ2v) is 5.75. The van der Waals surface area contributed by atoms with Crippen molar-refractivity contribution in [3.8, 4) is 0 Å². The third-order valence-electron chi connectivity index (χ3n) is 3.89. The van der Waals surface area contributed by atoms with Crippen molar-refractivity contribution in [1.29, 1.82) is 0 Å². The SMILES string of the molecule is CCC(CC1CC1)NC(=O)C(C)(CC)C(N)=S. The summed E-state index contributed by atoms with van der Waals surface area (Å²) in [5, 5.41) is 3.10. The van der Waals surface area contributed by atoms with Crippen LogP contribution in [0.5, 0.6) is 0 Å². The fraction of sp³-hybridized carbons (Fsp3) is 0.846. The maximum Gasteiger partial charge on any atom is 0.232 e. The Morgan fingerprint density at radius 1 is 1.53 bits per heavy atom. The van der Waals surface area contributed by atoms with Gasteiger partial charge in [0.1, 0.15) is 0 Å². The standard InChI is InChI=1S/C13H24N2OS/c1-4-10(8-9-6-7-9)15-12(16)13(3,5-2)11(14)17/h9-10H,4-8H2,1-3H3,(H2,14,17)(H,15,16). The van der Waals surface area contributed by atoms with Crippen molar-refractivity contribution in [2.45, 2.75) is 58.9 Å². The molecule has 0 heterocycles. The second kappa shape index (κ2) is 5.80. The molecule has 17 heavy (non-hydrogen) atoms. The number of hydrogen-bond donors (Lipinski definition) is 2. The highest BCUT2D eigenvalue weighted by Gasteiger charge is 2.36. The van der Waals surface area contributed by atoms with Gasteiger partial charge in [-0.2, -0.15) is 0 Å². The molecule has 0 aliphatic heterocycles. The van der Waals surface area contributed by atoms with E-state index in [2.05, 4.69) is 12.2 Å². The third kappa shape index (κ3) is 3.66. The summed E-state index contributed by atoms with van der Waals surface area (Å²) in [5.74, 6) is 0.804. The number of nitrogens with one attached hydrogen (secondary N) is 1. The lowest BCUT2D eigenvalue weighted by molar-refractivity contribution is -0.127. The molecule has 0 aromatic rings. The molecule has 0 saturated heterocycles. The van der Waals surface area contributed by atoms with Crippen LogP contribution in [0.1, 0.15) is 52.9 Å². The Morgan fingerprint density at radius 3 is 2.47 bits per heavy atom. The van der Waals surface area contributed by atoms with Crippen LogP contribution in [-0.4, -0.2) is 16.9 Å². The zero-order valence-corrected chi connectivity index (χ0v) is 11.9. The second-order valence-electron chi connectivity index (χ2n) is 5.31. The van der Waals surface area contributed by atoms with Crippen molar-refractivity contribution in [3.63, 3.8) is 0 Å². The van der Waals surface area contributed by atoms with Gasteiger partial charge in [-0.25, -0.2) is 0 Å². The van der Waals surface area contributed by atoms with Crippen LogP contribution in [0, 0.1) is 11.3 Å². The van der Waals surface area contributed by atoms with Crippen molar-refractivity contribution >= 4 is 23.1 Å². The first kappa shape index (κ1) is 14.4. The highest BCUT2D eigenvalue weighted by molar-refractivity contribution is 7.80. The molecule has 1 saturated carbocycles. The number of rotatable bonds is 7. The third-order valence-corrected chi connectivity index (χ3v) is 4.35. The molecule has 0 aromatic heterocycles. The van der Waals surface area contributed by atoms with Crippen molar-refractivity contribution < 1.29 is 4.79 Å². The predicted octanol–water partition coefficient (Wildman–Crippen LogP) is 2.38. The summed E-state index contributed by atoms with van der Waals surface area (Å²) in [6.45, 7) is 5.88. The molecular formula is C13H24N2OS. The number of carbonyl (C=O) groups is 1. The van der Waals surface area contributed by atoms with Crippen molar-refractivity contribution in [2.75, 3.05) is 0 Å². The van der Waals surface area contributed by atoms with E-state index in [0.29, 0.717) is 11.4 Å². The summed E-state index contributed by atoms with van der Waals surface area (Å²) >= 11 is 5.01. The van der Waals surface area contributed by atoms with Gasteiger partial charge in [0.05, 0.1) is 10.4 Å². The van der Waals surface area contributed by atoms with Gasteiger partial charge in [-0.3, -0.25) is 4.79 Å². The summed E-state index contributed by atoms with van der Waals surface area (Å²) in [5.41, 5.74) is 4.98. The monoisotopic (exact) mass is 256 g/mol. The quantitative estimate of drug-likeness (QED) is 0.688. The average Bonchev–Trinajstić information content (AvgIpc) is 3.10. The molecule has 2 atom stereocenters. The van der Waals surface area contributed by atoms with E-state index in [9.17, 15) is 4.79 Å². The average molecular weight is 256 g/mol. The van der Waals surface area contributed by atoms with Crippen LogP contribution in [0.2, 0.25) is 0 Å². The summed E-state index contributed by atoms with van der Waals surface area (Å²) in [6, 6.07) is 0.273. The first-order valence-corrected chi connectivity index (χ1v) is 6.95. The molecule has 98 valence electrons. The Hall–Kier alpha value is -0.640. The van der Waals surface area contributed by atoms with E-state index in [1.54, 1.807) is 0 Å². The molecule has 0 radical (unpaired) electrons. The number of amides is 1. The molecule has 0 spiro atoms. The first-order valence-electron chi connectivity index (χ1n) is 6.54. The molecule has 1 aliphatic carbocycles. The lowest BCUT2D eigenvalue weighted by atomic mass is 9.86. The lowest BCUT2D eigenvalue weighted by Crippen LogP contribution is -2.49. The lowest BCUT2D eigenvalue weighted by Gasteiger charge is -2.28. The molecule has 0 bridgehead atoms. The topological polar surface area (TPSA) is 55.1 Å². The Kier molecular flexibility index (Phi) is 4.92. The highest BCUT2D eigenvalue weighted by Crippen LogP contribution is 2.34. The Balaban J connectivity index is 2.57. The molecule has 1 aliphatic rings. The molecule has 3 nitrogen and oxygen atoms in total. The van der Waals surface area contributed by atoms with Gasteiger partial charge in [0.2, 0.25) is 5.91 Å². The minimum absolute atomic E-state index is 0.0139. The van der Waals surface area contributed by atoms with Crippen LogP contribution >= 0.6 is 12.2 Å². The summed E-state index contributed by atoms with van der Waals surface area (Å²) in [7, 11) is 0. The number of thiocarbonyl (C=S) groups is 1. The normalized spacial score (nSPS) is 20.4. The summed E-state index contributed by atoms with van der Waals surface area (Å²) < 4.78 is 0. The van der Waals surface area contributed by atoms with E-state index >= 15 is 0 Å². The van der Waals surface area contributed by atoms with E-state index in [4.69, 9.17) is 18.0 Å². The molecule has 4 heteroatoms. The fourth-order valence-electron chi connectivity index (χ4n) is 1.87. The maximum absolute atomic E-state index is 12.2. The van der Waals surface area contributed by atoms with Gasteiger partial charge in [-0.1, -0.05) is 38.9 Å². The Morgan fingerprint density at radius 2 is 2.12 bits per heavy atom. The van der Waals surface area contributed by atoms with Crippen LogP contribution in [0.4, 0.5) is 0 Å². The number of carbonyl (C=O) groups excluding carboxylic acids is 1. The smallest absolute Gasteiger partial charge is 0.232 e. The molecule has 2 unspecified atom stereocenters. The summed E-state index contributed by atoms with van der Waals surface area (Å²) in [4.78, 5) is 12.5. The zero-order valence-electron chi connectivity index (χ0n) is 11.1. The van der Waals surface area contributed by atoms with E-state index < -0.39 is 5.41 Å². The highest BCUT2D eigenvalue weighted by atomic mass is 32.1. The van der Waals surface area contributed by atoms with Crippen LogP contribution in [0.15, 0.2) is 0 Å². The predicted molar refractivity (Wildman–Crippen MR) is 74.7 cm³/mol. The van der Waals surface area contributed by atoms with E-state index in [-0.39, 0.29) is 11.9 Å². The molecule has 1 rings (SSSR count). The van der Waals surface area contributed by atoms with Crippen LogP contribution in [-0.2, 0) is 4.79 Å². The summed E-state index contributed by atoms with van der Waals surface area (Å²) in [6.07, 6.45) is 5.34. The van der Waals surface area contributed by atoms with E-state index in [1.165, 1.54) is 12.8 Å². The number of hydrogen-bond acceptors (Lipinski definition) is 2. The minimum Gasteiger partial charge on any atom is -0.392 e. The largest absolute Gasteiger partial charge is 0.392 e. The molecule has 1 amide bonds. The van der Waals surface area contributed by atoms with Gasteiger partial charge in [-0.15, -0.1) is 0 Å². The fourth-order valence-corrected chi connectivity index (χ4v) is 2.11. The molecule has 3 N–H and O–H groups in total. The van der Waals surface area contributed by atoms with Gasteiger partial charge in [0.25, 0.3) is 0 Å². The Bertz CT molecular complexity index is 302. The van der Waals surface area contributed by atoms with Gasteiger partial charge >= 0.3 is 0 Å². The van der Waals surface area contributed by atoms with Crippen molar-refractivity contribution in [1.82, 2.24) is 5.32 Å². The van der Waals surface area contributed by atoms with Crippen molar-refractivity contribution in [3.05, 3.63) is 0 Å². The van der Waals surface area contributed by atoms with E-state index in [0.717, 1.165) is 18.8 Å².